The second kappa shape index (κ2) is 6.57. The molecular weight excluding hydrogens is 264 g/mol. The summed E-state index contributed by atoms with van der Waals surface area (Å²) in [5.41, 5.74) is 2.57. The van der Waals surface area contributed by atoms with Crippen molar-refractivity contribution in [1.29, 1.82) is 0 Å². The second-order valence-corrected chi connectivity index (χ2v) is 5.86. The minimum atomic E-state index is -0.0742. The molecule has 0 atom stereocenters. The number of nitrogens with one attached hydrogen (secondary N) is 2. The number of H-pyrrole nitrogens is 1. The van der Waals surface area contributed by atoms with Gasteiger partial charge in [-0.2, -0.15) is 0 Å². The third kappa shape index (κ3) is 3.94. The van der Waals surface area contributed by atoms with Gasteiger partial charge in [-0.05, 0) is 36.3 Å². The molecule has 0 saturated carbocycles. The topological polar surface area (TPSA) is 62.0 Å². The molecule has 0 saturated heterocycles. The molecule has 1 amide bonds. The fourth-order valence-electron chi connectivity index (χ4n) is 2.39. The average molecular weight is 286 g/mol. The molecule has 0 aliphatic carbocycles. The Kier molecular flexibility index (Phi) is 4.78. The van der Waals surface area contributed by atoms with Crippen LogP contribution in [-0.2, 0) is 11.2 Å². The monoisotopic (exact) mass is 286 g/mol. The normalized spacial score (nSPS) is 11.0. The smallest absolute Gasteiger partial charge is 0.251 e. The first-order valence-corrected chi connectivity index (χ1v) is 7.35. The molecule has 21 heavy (non-hydrogen) atoms. The molecule has 0 unspecified atom stereocenters. The van der Waals surface area contributed by atoms with E-state index in [2.05, 4.69) is 10.3 Å². The Balaban J connectivity index is 2.07. The quantitative estimate of drug-likeness (QED) is 0.887. The molecule has 2 N–H and O–H groups in total. The van der Waals surface area contributed by atoms with Crippen molar-refractivity contribution < 1.29 is 4.79 Å². The van der Waals surface area contributed by atoms with E-state index in [4.69, 9.17) is 0 Å². The summed E-state index contributed by atoms with van der Waals surface area (Å²) in [6.45, 7) is 6.49. The van der Waals surface area contributed by atoms with Gasteiger partial charge in [0.1, 0.15) is 0 Å². The van der Waals surface area contributed by atoms with Crippen LogP contribution in [0.5, 0.6) is 0 Å². The molecule has 0 aliphatic rings. The summed E-state index contributed by atoms with van der Waals surface area (Å²) in [7, 11) is 0. The van der Waals surface area contributed by atoms with Crippen molar-refractivity contribution in [3.63, 3.8) is 0 Å². The number of aryl methyl sites for hydroxylation is 1. The molecule has 112 valence electrons. The van der Waals surface area contributed by atoms with E-state index in [0.29, 0.717) is 30.9 Å². The zero-order valence-electron chi connectivity index (χ0n) is 12.8. The maximum Gasteiger partial charge on any atom is 0.251 e. The van der Waals surface area contributed by atoms with Crippen LogP contribution < -0.4 is 10.9 Å². The summed E-state index contributed by atoms with van der Waals surface area (Å²) in [5, 5.41) is 3.88. The van der Waals surface area contributed by atoms with Crippen LogP contribution in [-0.4, -0.2) is 17.4 Å². The Morgan fingerprint density at radius 2 is 2.10 bits per heavy atom. The first-order valence-electron chi connectivity index (χ1n) is 7.35. The largest absolute Gasteiger partial charge is 0.356 e. The Morgan fingerprint density at radius 3 is 2.81 bits per heavy atom. The van der Waals surface area contributed by atoms with E-state index in [-0.39, 0.29) is 11.5 Å². The van der Waals surface area contributed by atoms with Crippen LogP contribution in [0.2, 0.25) is 0 Å². The summed E-state index contributed by atoms with van der Waals surface area (Å²) >= 11 is 0. The summed E-state index contributed by atoms with van der Waals surface area (Å²) in [4.78, 5) is 26.6. The maximum atomic E-state index is 12.1. The number of amides is 1. The van der Waals surface area contributed by atoms with E-state index in [9.17, 15) is 9.59 Å². The fraction of sp³-hybridized carbons (Fsp3) is 0.412. The van der Waals surface area contributed by atoms with E-state index in [1.54, 1.807) is 0 Å². The number of carbonyl (C=O) groups excluding carboxylic acids is 1. The molecule has 0 aliphatic heterocycles. The zero-order chi connectivity index (χ0) is 15.4. The summed E-state index contributed by atoms with van der Waals surface area (Å²) < 4.78 is 0. The molecule has 4 heteroatoms. The summed E-state index contributed by atoms with van der Waals surface area (Å²) in [5.74, 6) is 0.384. The molecule has 2 rings (SSSR count). The van der Waals surface area contributed by atoms with Crippen LogP contribution in [0.15, 0.2) is 29.1 Å². The van der Waals surface area contributed by atoms with Gasteiger partial charge in [0.2, 0.25) is 5.91 Å². The third-order valence-electron chi connectivity index (χ3n) is 3.48. The van der Waals surface area contributed by atoms with E-state index >= 15 is 0 Å². The molecule has 4 nitrogen and oxygen atoms in total. The summed E-state index contributed by atoms with van der Waals surface area (Å²) in [6.07, 6.45) is 1.07. The van der Waals surface area contributed by atoms with E-state index in [1.165, 1.54) is 0 Å². The van der Waals surface area contributed by atoms with E-state index in [0.717, 1.165) is 16.5 Å². The van der Waals surface area contributed by atoms with Gasteiger partial charge in [0, 0.05) is 18.5 Å². The van der Waals surface area contributed by atoms with Gasteiger partial charge in [-0.25, -0.2) is 0 Å². The fourth-order valence-corrected chi connectivity index (χ4v) is 2.39. The SMILES string of the molecule is Cc1cccc2cc(CCNC(=O)CC(C)C)c(=O)[nH]c12. The van der Waals surface area contributed by atoms with Gasteiger partial charge in [-0.15, -0.1) is 0 Å². The number of para-hydroxylation sites is 1. The van der Waals surface area contributed by atoms with Gasteiger partial charge in [0.25, 0.3) is 5.56 Å². The van der Waals surface area contributed by atoms with Gasteiger partial charge in [-0.1, -0.05) is 32.0 Å². The van der Waals surface area contributed by atoms with Crippen molar-refractivity contribution in [1.82, 2.24) is 10.3 Å². The Morgan fingerprint density at radius 1 is 1.33 bits per heavy atom. The van der Waals surface area contributed by atoms with Crippen molar-refractivity contribution in [3.05, 3.63) is 45.7 Å². The predicted octanol–water partition coefficient (Wildman–Crippen LogP) is 2.54. The molecule has 1 aromatic carbocycles. The van der Waals surface area contributed by atoms with Crippen LogP contribution >= 0.6 is 0 Å². The number of pyridine rings is 1. The zero-order valence-corrected chi connectivity index (χ0v) is 12.8. The highest BCUT2D eigenvalue weighted by Gasteiger charge is 2.07. The van der Waals surface area contributed by atoms with Crippen molar-refractivity contribution >= 4 is 16.8 Å². The molecule has 0 fully saturated rings. The first kappa shape index (κ1) is 15.3. The standard InChI is InChI=1S/C17H22N2O2/c1-11(2)9-15(20)18-8-7-14-10-13-6-4-5-12(3)16(13)19-17(14)21/h4-6,10-11H,7-9H2,1-3H3,(H,18,20)(H,19,21). The Bertz CT molecular complexity index is 701. The van der Waals surface area contributed by atoms with Gasteiger partial charge >= 0.3 is 0 Å². The van der Waals surface area contributed by atoms with Crippen molar-refractivity contribution in [2.75, 3.05) is 6.54 Å². The molecular formula is C17H22N2O2. The predicted molar refractivity (Wildman–Crippen MR) is 85.5 cm³/mol. The number of benzene rings is 1. The van der Waals surface area contributed by atoms with E-state index < -0.39 is 0 Å². The van der Waals surface area contributed by atoms with E-state index in [1.807, 2.05) is 45.0 Å². The van der Waals surface area contributed by atoms with Crippen LogP contribution in [0.1, 0.15) is 31.4 Å². The molecule has 0 spiro atoms. The van der Waals surface area contributed by atoms with Crippen molar-refractivity contribution in [3.8, 4) is 0 Å². The van der Waals surface area contributed by atoms with Crippen LogP contribution in [0.25, 0.3) is 10.9 Å². The molecule has 0 radical (unpaired) electrons. The highest BCUT2D eigenvalue weighted by molar-refractivity contribution is 5.82. The lowest BCUT2D eigenvalue weighted by atomic mass is 10.1. The van der Waals surface area contributed by atoms with Crippen LogP contribution in [0.4, 0.5) is 0 Å². The Hall–Kier alpha value is -2.10. The summed E-state index contributed by atoms with van der Waals surface area (Å²) in [6, 6.07) is 7.85. The number of fused-ring (bicyclic) bond motifs is 1. The highest BCUT2D eigenvalue weighted by Crippen LogP contribution is 2.15. The highest BCUT2D eigenvalue weighted by atomic mass is 16.1. The van der Waals surface area contributed by atoms with Gasteiger partial charge in [-0.3, -0.25) is 9.59 Å². The lowest BCUT2D eigenvalue weighted by molar-refractivity contribution is -0.121. The maximum absolute atomic E-state index is 12.1. The van der Waals surface area contributed by atoms with Gasteiger partial charge in [0.15, 0.2) is 0 Å². The molecule has 0 bridgehead atoms. The number of hydrogen-bond donors (Lipinski definition) is 2. The van der Waals surface area contributed by atoms with Gasteiger partial charge in [0.05, 0.1) is 5.52 Å². The van der Waals surface area contributed by atoms with Crippen molar-refractivity contribution in [2.45, 2.75) is 33.6 Å². The van der Waals surface area contributed by atoms with Crippen LogP contribution in [0.3, 0.4) is 0 Å². The number of aromatic amines is 1. The average Bonchev–Trinajstić information content (AvgIpc) is 2.40. The van der Waals surface area contributed by atoms with Gasteiger partial charge < -0.3 is 10.3 Å². The second-order valence-electron chi connectivity index (χ2n) is 5.86. The number of rotatable bonds is 5. The molecule has 2 aromatic rings. The van der Waals surface area contributed by atoms with Crippen LogP contribution in [0, 0.1) is 12.8 Å². The minimum Gasteiger partial charge on any atom is -0.356 e. The number of aromatic nitrogens is 1. The molecule has 1 heterocycles. The Labute approximate surface area is 124 Å². The number of hydrogen-bond acceptors (Lipinski definition) is 2. The van der Waals surface area contributed by atoms with Crippen molar-refractivity contribution in [2.24, 2.45) is 5.92 Å². The lowest BCUT2D eigenvalue weighted by Crippen LogP contribution is -2.28. The lowest BCUT2D eigenvalue weighted by Gasteiger charge is -2.08. The molecule has 1 aromatic heterocycles. The number of carbonyl (C=O) groups is 1. The first-order chi connectivity index (χ1) is 9.97. The minimum absolute atomic E-state index is 0.0399. The third-order valence-corrected chi connectivity index (χ3v) is 3.48.